The van der Waals surface area contributed by atoms with Crippen molar-refractivity contribution in [1.29, 1.82) is 0 Å². The molecule has 7 bridgehead atoms. The van der Waals surface area contributed by atoms with Crippen molar-refractivity contribution in [3.63, 3.8) is 0 Å². The molecule has 1 aromatic carbocycles. The molecule has 2 aromatic rings. The summed E-state index contributed by atoms with van der Waals surface area (Å²) in [5, 5.41) is 9.37. The lowest BCUT2D eigenvalue weighted by Crippen LogP contribution is -2.61. The maximum absolute atomic E-state index is 13.3. The van der Waals surface area contributed by atoms with Crippen molar-refractivity contribution in [2.75, 3.05) is 6.54 Å². The van der Waals surface area contributed by atoms with E-state index in [0.29, 0.717) is 25.8 Å². The van der Waals surface area contributed by atoms with Crippen molar-refractivity contribution < 1.29 is 23.9 Å². The van der Waals surface area contributed by atoms with Gasteiger partial charge in [-0.05, 0) is 76.1 Å². The number of allylic oxidation sites excluding steroid dienone is 1. The summed E-state index contributed by atoms with van der Waals surface area (Å²) >= 11 is 0. The van der Waals surface area contributed by atoms with Gasteiger partial charge < -0.3 is 20.1 Å². The maximum atomic E-state index is 13.3. The van der Waals surface area contributed by atoms with Gasteiger partial charge in [-0.1, -0.05) is 32.1 Å². The van der Waals surface area contributed by atoms with Gasteiger partial charge in [0, 0.05) is 23.5 Å². The topological polar surface area (TPSA) is 122 Å². The van der Waals surface area contributed by atoms with Crippen LogP contribution in [0.4, 0.5) is 0 Å². The van der Waals surface area contributed by atoms with Crippen molar-refractivity contribution in [3.8, 4) is 0 Å². The molecule has 0 spiro atoms. The van der Waals surface area contributed by atoms with Crippen molar-refractivity contribution in [2.45, 2.75) is 96.9 Å². The van der Waals surface area contributed by atoms with Gasteiger partial charge in [-0.15, -0.1) is 0 Å². The van der Waals surface area contributed by atoms with Crippen LogP contribution in [0.15, 0.2) is 36.5 Å². The number of nitrogens with one attached hydrogen (secondary N) is 3. The molecule has 0 aliphatic carbocycles. The molecule has 0 saturated carbocycles. The molecule has 2 saturated heterocycles. The van der Waals surface area contributed by atoms with Crippen molar-refractivity contribution in [1.82, 2.24) is 26.1 Å². The third-order valence-corrected chi connectivity index (χ3v) is 8.72. The number of carbonyl (C=O) groups is 3. The van der Waals surface area contributed by atoms with Gasteiger partial charge in [0.05, 0.1) is 17.8 Å². The predicted molar refractivity (Wildman–Crippen MR) is 155 cm³/mol. The SMILES string of the molecule is CC1OC2(C)O[C@@H]1C(=O)N[C@@H](C)C(=O)N1CCC[C@H](N1)C(=O)N[C@H](C)c1ccc3cnc(cc3c1)/C=C/CC2(C)C. The van der Waals surface area contributed by atoms with Gasteiger partial charge in [-0.3, -0.25) is 24.4 Å². The average molecular weight is 564 g/mol. The average Bonchev–Trinajstić information content (AvgIpc) is 3.27. The lowest BCUT2D eigenvalue weighted by atomic mass is 9.80. The monoisotopic (exact) mass is 563 g/mol. The Morgan fingerprint density at radius 1 is 0.951 bits per heavy atom. The van der Waals surface area contributed by atoms with Crippen molar-refractivity contribution in [3.05, 3.63) is 47.8 Å². The van der Waals surface area contributed by atoms with E-state index in [1.165, 1.54) is 5.01 Å². The minimum Gasteiger partial charge on any atom is -0.348 e. The predicted octanol–water partition coefficient (Wildman–Crippen LogP) is 3.38. The Morgan fingerprint density at radius 3 is 2.49 bits per heavy atom. The first-order chi connectivity index (χ1) is 19.4. The summed E-state index contributed by atoms with van der Waals surface area (Å²) in [4.78, 5) is 44.3. The Labute approximate surface area is 241 Å². The van der Waals surface area contributed by atoms with Crippen LogP contribution in [0.25, 0.3) is 16.8 Å². The number of fused-ring (bicyclic) bond motifs is 6. The highest BCUT2D eigenvalue weighted by molar-refractivity contribution is 5.90. The van der Waals surface area contributed by atoms with Crippen LogP contribution in [0.2, 0.25) is 0 Å². The number of nitrogens with zero attached hydrogens (tertiary/aromatic N) is 2. The van der Waals surface area contributed by atoms with E-state index < -0.39 is 41.4 Å². The molecule has 2 unspecified atom stereocenters. The number of hydrogen-bond acceptors (Lipinski definition) is 7. The molecule has 4 heterocycles. The highest BCUT2D eigenvalue weighted by atomic mass is 16.8. The molecule has 6 atom stereocenters. The van der Waals surface area contributed by atoms with Crippen LogP contribution in [0, 0.1) is 5.41 Å². The number of ether oxygens (including phenoxy) is 2. The van der Waals surface area contributed by atoms with E-state index >= 15 is 0 Å². The van der Waals surface area contributed by atoms with Crippen LogP contribution < -0.4 is 16.1 Å². The zero-order valence-electron chi connectivity index (χ0n) is 24.7. The molecule has 3 aliphatic rings. The molecule has 0 radical (unpaired) electrons. The molecular formula is C31H41N5O5. The lowest BCUT2D eigenvalue weighted by Gasteiger charge is -2.39. The normalized spacial score (nSPS) is 33.7. The van der Waals surface area contributed by atoms with Crippen LogP contribution in [0.5, 0.6) is 0 Å². The Hall–Kier alpha value is -3.34. The standard InChI is InChI=1S/C31H41N5O5/c1-18-21-11-12-22-17-32-24(16-23(22)15-21)9-7-13-30(4,5)31(6)40-20(3)26(41-31)28(38)34-19(2)29(39)36-14-8-10-25(35-36)27(37)33-18/h7,9,11-12,15-20,25-26,35H,8,10,13-14H2,1-6H3,(H,33,37)(H,34,38)/b9-7+/t18-,19+,20?,25+,26+,31?/m1/s1. The van der Waals surface area contributed by atoms with E-state index in [-0.39, 0.29) is 17.9 Å². The number of hydrazine groups is 1. The first kappa shape index (κ1) is 29.2. The van der Waals surface area contributed by atoms with Crippen LogP contribution in [-0.2, 0) is 23.9 Å². The van der Waals surface area contributed by atoms with Gasteiger partial charge in [0.25, 0.3) is 11.8 Å². The van der Waals surface area contributed by atoms with Gasteiger partial charge in [0.2, 0.25) is 5.91 Å². The first-order valence-electron chi connectivity index (χ1n) is 14.5. The molecular weight excluding hydrogens is 522 g/mol. The third-order valence-electron chi connectivity index (χ3n) is 8.72. The van der Waals surface area contributed by atoms with Crippen molar-refractivity contribution >= 4 is 34.6 Å². The van der Waals surface area contributed by atoms with Gasteiger partial charge in [-0.25, -0.2) is 5.43 Å². The number of rotatable bonds is 0. The molecule has 3 aliphatic heterocycles. The number of pyridine rings is 1. The van der Waals surface area contributed by atoms with Crippen LogP contribution >= 0.6 is 0 Å². The van der Waals surface area contributed by atoms with Gasteiger partial charge in [0.1, 0.15) is 12.1 Å². The number of hydrogen-bond donors (Lipinski definition) is 3. The van der Waals surface area contributed by atoms with E-state index in [9.17, 15) is 14.4 Å². The van der Waals surface area contributed by atoms with Gasteiger partial charge >= 0.3 is 0 Å². The molecule has 220 valence electrons. The highest BCUT2D eigenvalue weighted by Gasteiger charge is 2.53. The number of amides is 3. The summed E-state index contributed by atoms with van der Waals surface area (Å²) < 4.78 is 12.5. The number of benzene rings is 1. The summed E-state index contributed by atoms with van der Waals surface area (Å²) in [5.74, 6) is -1.93. The molecule has 3 N–H and O–H groups in total. The van der Waals surface area contributed by atoms with E-state index in [4.69, 9.17) is 9.47 Å². The molecule has 3 amide bonds. The largest absolute Gasteiger partial charge is 0.348 e. The van der Waals surface area contributed by atoms with Crippen LogP contribution in [0.3, 0.4) is 0 Å². The van der Waals surface area contributed by atoms with E-state index in [1.807, 2.05) is 64.2 Å². The Kier molecular flexibility index (Phi) is 7.93. The van der Waals surface area contributed by atoms with Crippen molar-refractivity contribution in [2.24, 2.45) is 5.41 Å². The number of aromatic nitrogens is 1. The molecule has 41 heavy (non-hydrogen) atoms. The zero-order chi connectivity index (χ0) is 29.5. The summed E-state index contributed by atoms with van der Waals surface area (Å²) in [6, 6.07) is 6.50. The fourth-order valence-corrected chi connectivity index (χ4v) is 5.69. The molecule has 10 heteroatoms. The first-order valence-corrected chi connectivity index (χ1v) is 14.5. The summed E-state index contributed by atoms with van der Waals surface area (Å²) in [7, 11) is 0. The highest BCUT2D eigenvalue weighted by Crippen LogP contribution is 2.45. The molecule has 5 rings (SSSR count). The van der Waals surface area contributed by atoms with Gasteiger partial charge in [0.15, 0.2) is 11.9 Å². The molecule has 2 fully saturated rings. The smallest absolute Gasteiger partial charge is 0.258 e. The second kappa shape index (κ2) is 11.2. The Bertz CT molecular complexity index is 1380. The lowest BCUT2D eigenvalue weighted by molar-refractivity contribution is -0.227. The second-order valence-electron chi connectivity index (χ2n) is 12.3. The fraction of sp³-hybridized carbons (Fsp3) is 0.548. The zero-order valence-corrected chi connectivity index (χ0v) is 24.7. The number of carbonyl (C=O) groups excluding carboxylic acids is 3. The second-order valence-corrected chi connectivity index (χ2v) is 12.3. The quantitative estimate of drug-likeness (QED) is 0.449. The Morgan fingerprint density at radius 2 is 1.71 bits per heavy atom. The molecule has 1 aromatic heterocycles. The molecule has 10 nitrogen and oxygen atoms in total. The fourth-order valence-electron chi connectivity index (χ4n) is 5.69. The minimum absolute atomic E-state index is 0.181. The summed E-state index contributed by atoms with van der Waals surface area (Å²) in [6.45, 7) is 11.8. The van der Waals surface area contributed by atoms with E-state index in [1.54, 1.807) is 13.8 Å². The van der Waals surface area contributed by atoms with E-state index in [2.05, 4.69) is 27.1 Å². The van der Waals surface area contributed by atoms with Crippen LogP contribution in [0.1, 0.15) is 78.1 Å². The maximum Gasteiger partial charge on any atom is 0.258 e. The van der Waals surface area contributed by atoms with E-state index in [0.717, 1.165) is 22.0 Å². The minimum atomic E-state index is -1.03. The summed E-state index contributed by atoms with van der Waals surface area (Å²) in [5.41, 5.74) is 4.39. The summed E-state index contributed by atoms with van der Waals surface area (Å²) in [6.07, 6.45) is 6.36. The third kappa shape index (κ3) is 5.86. The Balaban J connectivity index is 1.47. The van der Waals surface area contributed by atoms with Crippen LogP contribution in [-0.4, -0.2) is 64.3 Å². The van der Waals surface area contributed by atoms with Gasteiger partial charge in [-0.2, -0.15) is 0 Å².